The molecule has 2 aliphatic rings. The third-order valence-electron chi connectivity index (χ3n) is 3.50. The van der Waals surface area contributed by atoms with Crippen LogP contribution in [-0.4, -0.2) is 52.7 Å². The zero-order valence-corrected chi connectivity index (χ0v) is 9.80. The van der Waals surface area contributed by atoms with E-state index in [-0.39, 0.29) is 16.7 Å². The molecule has 0 saturated carbocycles. The summed E-state index contributed by atoms with van der Waals surface area (Å²) in [6.07, 6.45) is 2.08. The molecule has 15 heavy (non-hydrogen) atoms. The maximum Gasteiger partial charge on any atom is 0.309 e. The van der Waals surface area contributed by atoms with E-state index in [1.807, 2.05) is 0 Å². The Morgan fingerprint density at radius 3 is 3.00 bits per heavy atom. The number of piperidine rings is 1. The summed E-state index contributed by atoms with van der Waals surface area (Å²) in [6, 6.07) is -0.181. The molecule has 2 aliphatic heterocycles. The lowest BCUT2D eigenvalue weighted by Crippen LogP contribution is -2.52. The van der Waals surface area contributed by atoms with Crippen molar-refractivity contribution in [1.82, 2.24) is 4.90 Å². The molecule has 0 aromatic rings. The van der Waals surface area contributed by atoms with Crippen molar-refractivity contribution in [3.63, 3.8) is 0 Å². The monoisotopic (exact) mass is 230 g/mol. The van der Waals surface area contributed by atoms with Gasteiger partial charge >= 0.3 is 5.97 Å². The van der Waals surface area contributed by atoms with Gasteiger partial charge in [-0.2, -0.15) is 11.8 Å². The Balaban J connectivity index is 2.21. The highest BCUT2D eigenvalue weighted by atomic mass is 32.2. The van der Waals surface area contributed by atoms with Crippen molar-refractivity contribution in [2.75, 3.05) is 25.9 Å². The number of nitrogens with two attached hydrogens (primary N) is 1. The van der Waals surface area contributed by atoms with Gasteiger partial charge in [0.25, 0.3) is 0 Å². The van der Waals surface area contributed by atoms with Crippen LogP contribution in [-0.2, 0) is 4.79 Å². The fourth-order valence-electron chi connectivity index (χ4n) is 2.88. The Morgan fingerprint density at radius 1 is 1.67 bits per heavy atom. The SMILES string of the molecule is CN1CCCC2(C1)SCC(N)C2C(=O)O. The summed E-state index contributed by atoms with van der Waals surface area (Å²) < 4.78 is -0.127. The number of aliphatic carboxylic acids is 1. The van der Waals surface area contributed by atoms with Gasteiger partial charge in [-0.15, -0.1) is 0 Å². The first-order chi connectivity index (χ1) is 7.05. The van der Waals surface area contributed by atoms with Crippen LogP contribution < -0.4 is 5.73 Å². The summed E-state index contributed by atoms with van der Waals surface area (Å²) >= 11 is 1.77. The van der Waals surface area contributed by atoms with Crippen molar-refractivity contribution in [1.29, 1.82) is 0 Å². The number of likely N-dealkylation sites (tertiary alicyclic amines) is 1. The van der Waals surface area contributed by atoms with Crippen molar-refractivity contribution >= 4 is 17.7 Å². The Hall–Kier alpha value is -0.260. The average Bonchev–Trinajstić information content (AvgIpc) is 2.43. The minimum Gasteiger partial charge on any atom is -0.481 e. The summed E-state index contributed by atoms with van der Waals surface area (Å²) in [5.74, 6) is -0.307. The minimum atomic E-state index is -0.720. The molecule has 0 aromatic carbocycles. The van der Waals surface area contributed by atoms with Gasteiger partial charge in [-0.3, -0.25) is 4.79 Å². The van der Waals surface area contributed by atoms with Crippen molar-refractivity contribution in [2.24, 2.45) is 11.7 Å². The van der Waals surface area contributed by atoms with Crippen molar-refractivity contribution in [2.45, 2.75) is 23.6 Å². The topological polar surface area (TPSA) is 66.6 Å². The van der Waals surface area contributed by atoms with Crippen LogP contribution in [0.3, 0.4) is 0 Å². The maximum atomic E-state index is 11.3. The van der Waals surface area contributed by atoms with E-state index in [1.54, 1.807) is 11.8 Å². The lowest BCUT2D eigenvalue weighted by atomic mass is 9.81. The van der Waals surface area contributed by atoms with Gasteiger partial charge < -0.3 is 15.7 Å². The van der Waals surface area contributed by atoms with E-state index < -0.39 is 5.97 Å². The van der Waals surface area contributed by atoms with Crippen LogP contribution in [0.15, 0.2) is 0 Å². The Kier molecular flexibility index (Phi) is 2.96. The molecule has 0 radical (unpaired) electrons. The first-order valence-electron chi connectivity index (χ1n) is 5.36. The Morgan fingerprint density at radius 2 is 2.40 bits per heavy atom. The molecule has 2 heterocycles. The number of thioether (sulfide) groups is 1. The summed E-state index contributed by atoms with van der Waals surface area (Å²) in [7, 11) is 2.06. The Bertz CT molecular complexity index is 270. The van der Waals surface area contributed by atoms with Crippen LogP contribution in [0.5, 0.6) is 0 Å². The predicted octanol–water partition coefficient (Wildman–Crippen LogP) is 0.226. The molecule has 0 aromatic heterocycles. The number of carboxylic acid groups (broad SMARTS) is 1. The summed E-state index contributed by atoms with van der Waals surface area (Å²) in [5.41, 5.74) is 5.91. The second-order valence-corrected chi connectivity index (χ2v) is 6.13. The molecule has 0 aliphatic carbocycles. The molecule has 4 nitrogen and oxygen atoms in total. The van der Waals surface area contributed by atoms with Crippen LogP contribution >= 0.6 is 11.8 Å². The van der Waals surface area contributed by atoms with Crippen LogP contribution in [0.25, 0.3) is 0 Å². The molecule has 2 saturated heterocycles. The third kappa shape index (κ3) is 1.88. The first-order valence-corrected chi connectivity index (χ1v) is 6.35. The molecule has 3 unspecified atom stereocenters. The van der Waals surface area contributed by atoms with E-state index in [1.165, 1.54) is 0 Å². The second kappa shape index (κ2) is 3.96. The molecular weight excluding hydrogens is 212 g/mol. The van der Waals surface area contributed by atoms with Gasteiger partial charge in [-0.05, 0) is 26.4 Å². The van der Waals surface area contributed by atoms with E-state index in [4.69, 9.17) is 5.73 Å². The van der Waals surface area contributed by atoms with Crippen molar-refractivity contribution < 1.29 is 9.90 Å². The van der Waals surface area contributed by atoms with Crippen molar-refractivity contribution in [3.05, 3.63) is 0 Å². The van der Waals surface area contributed by atoms with Gasteiger partial charge in [0.2, 0.25) is 0 Å². The summed E-state index contributed by atoms with van der Waals surface area (Å²) in [6.45, 7) is 1.94. The van der Waals surface area contributed by atoms with E-state index in [0.717, 1.165) is 31.7 Å². The third-order valence-corrected chi connectivity index (χ3v) is 5.22. The van der Waals surface area contributed by atoms with Crippen LogP contribution in [0.1, 0.15) is 12.8 Å². The number of rotatable bonds is 1. The molecule has 0 amide bonds. The first kappa shape index (κ1) is 11.2. The minimum absolute atomic E-state index is 0.127. The van der Waals surface area contributed by atoms with Crippen LogP contribution in [0.4, 0.5) is 0 Å². The van der Waals surface area contributed by atoms with Gasteiger partial charge in [0.15, 0.2) is 0 Å². The lowest BCUT2D eigenvalue weighted by molar-refractivity contribution is -0.143. The molecule has 1 spiro atoms. The smallest absolute Gasteiger partial charge is 0.309 e. The molecule has 86 valence electrons. The molecule has 3 N–H and O–H groups in total. The number of hydrogen-bond donors (Lipinski definition) is 2. The zero-order valence-electron chi connectivity index (χ0n) is 8.98. The predicted molar refractivity (Wildman–Crippen MR) is 61.0 cm³/mol. The Labute approximate surface area is 94.2 Å². The van der Waals surface area contributed by atoms with E-state index in [9.17, 15) is 9.90 Å². The maximum absolute atomic E-state index is 11.3. The fourth-order valence-corrected chi connectivity index (χ4v) is 4.65. The molecule has 0 bridgehead atoms. The normalized spacial score (nSPS) is 42.3. The summed E-state index contributed by atoms with van der Waals surface area (Å²) in [5, 5.41) is 9.28. The van der Waals surface area contributed by atoms with E-state index >= 15 is 0 Å². The highest BCUT2D eigenvalue weighted by Crippen LogP contribution is 2.47. The number of carboxylic acids is 1. The number of nitrogens with zero attached hydrogens (tertiary/aromatic N) is 1. The average molecular weight is 230 g/mol. The zero-order chi connectivity index (χ0) is 11.1. The lowest BCUT2D eigenvalue weighted by Gasteiger charge is -2.41. The van der Waals surface area contributed by atoms with Gasteiger partial charge in [0.1, 0.15) is 0 Å². The van der Waals surface area contributed by atoms with E-state index in [0.29, 0.717) is 0 Å². The molecule has 2 fully saturated rings. The van der Waals surface area contributed by atoms with Gasteiger partial charge in [-0.25, -0.2) is 0 Å². The number of carbonyl (C=O) groups is 1. The molecular formula is C10H18N2O2S. The molecule has 3 atom stereocenters. The highest BCUT2D eigenvalue weighted by molar-refractivity contribution is 8.01. The number of hydrogen-bond acceptors (Lipinski definition) is 4. The fraction of sp³-hybridized carbons (Fsp3) is 0.900. The molecule has 5 heteroatoms. The largest absolute Gasteiger partial charge is 0.481 e. The van der Waals surface area contributed by atoms with E-state index in [2.05, 4.69) is 11.9 Å². The van der Waals surface area contributed by atoms with Crippen LogP contribution in [0, 0.1) is 5.92 Å². The highest BCUT2D eigenvalue weighted by Gasteiger charge is 2.53. The van der Waals surface area contributed by atoms with Crippen LogP contribution in [0.2, 0.25) is 0 Å². The standard InChI is InChI=1S/C10H18N2O2S/c1-12-4-2-3-10(6-12)8(9(13)14)7(11)5-15-10/h7-8H,2-6,11H2,1H3,(H,13,14). The molecule has 2 rings (SSSR count). The summed E-state index contributed by atoms with van der Waals surface area (Å²) in [4.78, 5) is 13.5. The van der Waals surface area contributed by atoms with Gasteiger partial charge in [-0.1, -0.05) is 0 Å². The van der Waals surface area contributed by atoms with Crippen molar-refractivity contribution in [3.8, 4) is 0 Å². The second-order valence-electron chi connectivity index (χ2n) is 4.70. The van der Waals surface area contributed by atoms with Gasteiger partial charge in [0.05, 0.1) is 5.92 Å². The quantitative estimate of drug-likeness (QED) is 0.675. The van der Waals surface area contributed by atoms with Gasteiger partial charge in [0, 0.05) is 23.1 Å².